The van der Waals surface area contributed by atoms with Crippen LogP contribution in [-0.4, -0.2) is 24.7 Å². The predicted octanol–water partition coefficient (Wildman–Crippen LogP) is 4.28. The second-order valence-corrected chi connectivity index (χ2v) is 7.39. The van der Waals surface area contributed by atoms with E-state index in [0.717, 1.165) is 11.4 Å². The number of amides is 2. The Labute approximate surface area is 170 Å². The summed E-state index contributed by atoms with van der Waals surface area (Å²) >= 11 is 0. The molecule has 0 bridgehead atoms. The van der Waals surface area contributed by atoms with Gasteiger partial charge in [0, 0.05) is 28.8 Å². The lowest BCUT2D eigenvalue weighted by molar-refractivity contribution is -0.125. The number of Topliss-reactive ketones (excluding diaryl/α,β-unsaturated/α-hetero) is 1. The number of rotatable bonds is 6. The van der Waals surface area contributed by atoms with Crippen LogP contribution in [0.25, 0.3) is 0 Å². The van der Waals surface area contributed by atoms with Crippen molar-refractivity contribution in [3.05, 3.63) is 54.1 Å². The van der Waals surface area contributed by atoms with Crippen molar-refractivity contribution in [2.24, 2.45) is 11.8 Å². The highest BCUT2D eigenvalue weighted by Crippen LogP contribution is 2.31. The van der Waals surface area contributed by atoms with Gasteiger partial charge in [-0.05, 0) is 69.0 Å². The molecular weight excluding hydrogens is 368 g/mol. The van der Waals surface area contributed by atoms with E-state index in [1.807, 2.05) is 12.1 Å². The van der Waals surface area contributed by atoms with E-state index >= 15 is 0 Å². The second-order valence-electron chi connectivity index (χ2n) is 7.39. The average Bonchev–Trinajstić information content (AvgIpc) is 2.74. The third kappa shape index (κ3) is 5.44. The zero-order valence-electron chi connectivity index (χ0n) is 16.7. The molecule has 1 fully saturated rings. The Hall–Kier alpha value is -3.15. The summed E-state index contributed by atoms with van der Waals surface area (Å²) in [4.78, 5) is 36.6. The normalized spacial score (nSPS) is 18.6. The smallest absolute Gasteiger partial charge is 0.227 e. The number of anilines is 2. The molecule has 0 aliphatic heterocycles. The lowest BCUT2D eigenvalue weighted by atomic mass is 9.81. The lowest BCUT2D eigenvalue weighted by Gasteiger charge is -2.27. The van der Waals surface area contributed by atoms with E-state index in [1.165, 1.54) is 6.92 Å². The molecule has 0 unspecified atom stereocenters. The molecular formula is C23H26N2O4. The van der Waals surface area contributed by atoms with Crippen LogP contribution in [0.15, 0.2) is 48.5 Å². The zero-order valence-corrected chi connectivity index (χ0v) is 16.7. The first-order valence-corrected chi connectivity index (χ1v) is 9.83. The molecule has 2 N–H and O–H groups in total. The van der Waals surface area contributed by atoms with E-state index in [4.69, 9.17) is 4.74 Å². The monoisotopic (exact) mass is 394 g/mol. The fourth-order valence-electron chi connectivity index (χ4n) is 3.60. The Bertz CT molecular complexity index is 884. The molecule has 6 nitrogen and oxygen atoms in total. The number of methoxy groups -OCH3 is 1. The van der Waals surface area contributed by atoms with E-state index in [1.54, 1.807) is 43.5 Å². The fourth-order valence-corrected chi connectivity index (χ4v) is 3.60. The molecule has 1 aliphatic carbocycles. The summed E-state index contributed by atoms with van der Waals surface area (Å²) in [7, 11) is 1.60. The van der Waals surface area contributed by atoms with E-state index in [2.05, 4.69) is 10.6 Å². The van der Waals surface area contributed by atoms with Crippen LogP contribution in [0.4, 0.5) is 11.4 Å². The van der Waals surface area contributed by atoms with Crippen LogP contribution in [0.1, 0.15) is 43.0 Å². The van der Waals surface area contributed by atoms with Crippen molar-refractivity contribution in [2.45, 2.75) is 32.6 Å². The van der Waals surface area contributed by atoms with Crippen LogP contribution >= 0.6 is 0 Å². The number of hydrogen-bond acceptors (Lipinski definition) is 4. The van der Waals surface area contributed by atoms with Crippen molar-refractivity contribution in [2.75, 3.05) is 17.7 Å². The minimum Gasteiger partial charge on any atom is -0.497 e. The van der Waals surface area contributed by atoms with Gasteiger partial charge in [0.25, 0.3) is 0 Å². The molecule has 152 valence electrons. The Balaban J connectivity index is 1.50. The van der Waals surface area contributed by atoms with Gasteiger partial charge in [-0.3, -0.25) is 14.4 Å². The fraction of sp³-hybridized carbons (Fsp3) is 0.348. The van der Waals surface area contributed by atoms with Gasteiger partial charge >= 0.3 is 0 Å². The van der Waals surface area contributed by atoms with Crippen LogP contribution in [0.2, 0.25) is 0 Å². The molecule has 0 radical (unpaired) electrons. The van der Waals surface area contributed by atoms with Gasteiger partial charge in [-0.15, -0.1) is 0 Å². The maximum Gasteiger partial charge on any atom is 0.227 e. The molecule has 0 aromatic heterocycles. The highest BCUT2D eigenvalue weighted by Gasteiger charge is 2.30. The van der Waals surface area contributed by atoms with Gasteiger partial charge in [0.15, 0.2) is 5.78 Å². The summed E-state index contributed by atoms with van der Waals surface area (Å²) in [6.45, 7) is 1.50. The largest absolute Gasteiger partial charge is 0.497 e. The summed E-state index contributed by atoms with van der Waals surface area (Å²) in [5.74, 6) is 0.416. The molecule has 2 aromatic rings. The standard InChI is InChI=1S/C23H26N2O4/c1-15(26)18-4-3-5-20(14-18)25-23(28)17-8-6-16(7-9-17)22(27)24-19-10-12-21(29-2)13-11-19/h3-5,10-14,16-17H,6-9H2,1-2H3,(H,24,27)(H,25,28). The lowest BCUT2D eigenvalue weighted by Crippen LogP contribution is -2.32. The molecule has 2 aromatic carbocycles. The Morgan fingerprint density at radius 3 is 1.90 bits per heavy atom. The van der Waals surface area contributed by atoms with E-state index < -0.39 is 0 Å². The molecule has 29 heavy (non-hydrogen) atoms. The van der Waals surface area contributed by atoms with Crippen molar-refractivity contribution < 1.29 is 19.1 Å². The van der Waals surface area contributed by atoms with Gasteiger partial charge in [-0.25, -0.2) is 0 Å². The third-order valence-electron chi connectivity index (χ3n) is 5.36. The summed E-state index contributed by atoms with van der Waals surface area (Å²) in [5, 5.41) is 5.83. The van der Waals surface area contributed by atoms with Crippen LogP contribution < -0.4 is 15.4 Å². The molecule has 6 heteroatoms. The van der Waals surface area contributed by atoms with Crippen LogP contribution in [0.3, 0.4) is 0 Å². The predicted molar refractivity (Wildman–Crippen MR) is 112 cm³/mol. The van der Waals surface area contributed by atoms with Gasteiger partial charge < -0.3 is 15.4 Å². The number of carbonyl (C=O) groups excluding carboxylic acids is 3. The van der Waals surface area contributed by atoms with Crippen molar-refractivity contribution in [3.63, 3.8) is 0 Å². The Morgan fingerprint density at radius 2 is 1.38 bits per heavy atom. The zero-order chi connectivity index (χ0) is 20.8. The Kier molecular flexibility index (Phi) is 6.65. The molecule has 0 spiro atoms. The van der Waals surface area contributed by atoms with Crippen LogP contribution in [0.5, 0.6) is 5.75 Å². The van der Waals surface area contributed by atoms with E-state index in [0.29, 0.717) is 36.9 Å². The van der Waals surface area contributed by atoms with E-state index in [9.17, 15) is 14.4 Å². The number of nitrogens with one attached hydrogen (secondary N) is 2. The van der Waals surface area contributed by atoms with Crippen molar-refractivity contribution in [1.82, 2.24) is 0 Å². The van der Waals surface area contributed by atoms with Gasteiger partial charge in [0.1, 0.15) is 5.75 Å². The second kappa shape index (κ2) is 9.37. The highest BCUT2D eigenvalue weighted by molar-refractivity contribution is 5.98. The van der Waals surface area contributed by atoms with Gasteiger partial charge in [-0.2, -0.15) is 0 Å². The number of benzene rings is 2. The summed E-state index contributed by atoms with van der Waals surface area (Å²) in [6, 6.07) is 14.2. The minimum atomic E-state index is -0.124. The molecule has 1 saturated carbocycles. The molecule has 3 rings (SSSR count). The van der Waals surface area contributed by atoms with Crippen molar-refractivity contribution in [3.8, 4) is 5.75 Å². The first-order valence-electron chi connectivity index (χ1n) is 9.83. The number of hydrogen-bond donors (Lipinski definition) is 2. The Morgan fingerprint density at radius 1 is 0.828 bits per heavy atom. The molecule has 1 aliphatic rings. The number of carbonyl (C=O) groups is 3. The molecule has 2 amide bonds. The summed E-state index contributed by atoms with van der Waals surface area (Å²) < 4.78 is 5.12. The topological polar surface area (TPSA) is 84.5 Å². The van der Waals surface area contributed by atoms with Gasteiger partial charge in [0.05, 0.1) is 7.11 Å². The molecule has 0 atom stereocenters. The van der Waals surface area contributed by atoms with Crippen LogP contribution in [-0.2, 0) is 9.59 Å². The number of ketones is 1. The highest BCUT2D eigenvalue weighted by atomic mass is 16.5. The number of ether oxygens (including phenoxy) is 1. The van der Waals surface area contributed by atoms with Crippen molar-refractivity contribution >= 4 is 29.0 Å². The maximum absolute atomic E-state index is 12.6. The van der Waals surface area contributed by atoms with Crippen LogP contribution in [0, 0.1) is 11.8 Å². The quantitative estimate of drug-likeness (QED) is 0.716. The van der Waals surface area contributed by atoms with Gasteiger partial charge in [-0.1, -0.05) is 12.1 Å². The molecule has 0 saturated heterocycles. The average molecular weight is 394 g/mol. The third-order valence-corrected chi connectivity index (χ3v) is 5.36. The first-order chi connectivity index (χ1) is 14.0. The van der Waals surface area contributed by atoms with E-state index in [-0.39, 0.29) is 29.4 Å². The minimum absolute atomic E-state index is 0.0109. The van der Waals surface area contributed by atoms with Gasteiger partial charge in [0.2, 0.25) is 11.8 Å². The SMILES string of the molecule is COc1ccc(NC(=O)C2CCC(C(=O)Nc3cccc(C(C)=O)c3)CC2)cc1. The first kappa shape index (κ1) is 20.6. The van der Waals surface area contributed by atoms with Crippen molar-refractivity contribution in [1.29, 1.82) is 0 Å². The summed E-state index contributed by atoms with van der Waals surface area (Å²) in [6.07, 6.45) is 2.68. The summed E-state index contributed by atoms with van der Waals surface area (Å²) in [5.41, 5.74) is 1.94. The molecule has 0 heterocycles. The maximum atomic E-state index is 12.6.